The molecule has 4 aromatic rings. The zero-order valence-electron chi connectivity index (χ0n) is 16.8. The molecular weight excluding hydrogens is 384 g/mol. The van der Waals surface area contributed by atoms with Gasteiger partial charge in [0.2, 0.25) is 5.75 Å². The van der Waals surface area contributed by atoms with Crippen molar-refractivity contribution in [1.82, 2.24) is 0 Å². The van der Waals surface area contributed by atoms with Gasteiger partial charge in [0.1, 0.15) is 11.3 Å². The molecule has 4 rings (SSSR count). The molecule has 0 aliphatic heterocycles. The number of rotatable bonds is 5. The van der Waals surface area contributed by atoms with Gasteiger partial charge in [-0.1, -0.05) is 36.4 Å². The van der Waals surface area contributed by atoms with Crippen molar-refractivity contribution in [3.8, 4) is 45.3 Å². The summed E-state index contributed by atoms with van der Waals surface area (Å²) in [4.78, 5) is 12.2. The fraction of sp³-hybridized carbons (Fsp3) is 0.125. The van der Waals surface area contributed by atoms with Gasteiger partial charge >= 0.3 is 5.63 Å². The standard InChI is InChI=1S/C24H20O6/c1-27-20-13-19-22(24(29-3)23(20)28-2)18(12-21(26)30-19)16-6-4-14(5-7-16)15-8-10-17(25)11-9-15/h4-13,25H,1-3H3. The lowest BCUT2D eigenvalue weighted by Crippen LogP contribution is -2.02. The molecule has 0 unspecified atom stereocenters. The van der Waals surface area contributed by atoms with Crippen molar-refractivity contribution in [3.05, 3.63) is 71.1 Å². The van der Waals surface area contributed by atoms with Crippen LogP contribution in [-0.4, -0.2) is 26.4 Å². The van der Waals surface area contributed by atoms with Crippen LogP contribution in [0, 0.1) is 0 Å². The molecule has 0 radical (unpaired) electrons. The Bertz CT molecular complexity index is 1250. The maximum Gasteiger partial charge on any atom is 0.336 e. The lowest BCUT2D eigenvalue weighted by Gasteiger charge is -2.16. The summed E-state index contributed by atoms with van der Waals surface area (Å²) >= 11 is 0. The predicted octanol–water partition coefficient (Wildman–Crippen LogP) is 4.86. The molecular formula is C24H20O6. The Morgan fingerprint density at radius 2 is 1.30 bits per heavy atom. The van der Waals surface area contributed by atoms with Crippen LogP contribution in [0.1, 0.15) is 0 Å². The summed E-state index contributed by atoms with van der Waals surface area (Å²) in [5.41, 5.74) is 3.30. The zero-order valence-corrected chi connectivity index (χ0v) is 16.8. The minimum atomic E-state index is -0.477. The number of hydrogen-bond donors (Lipinski definition) is 1. The van der Waals surface area contributed by atoms with E-state index in [4.69, 9.17) is 18.6 Å². The molecule has 152 valence electrons. The highest BCUT2D eigenvalue weighted by molar-refractivity contribution is 6.01. The van der Waals surface area contributed by atoms with E-state index in [1.165, 1.54) is 27.4 Å². The predicted molar refractivity (Wildman–Crippen MR) is 115 cm³/mol. The molecule has 0 aliphatic carbocycles. The number of hydrogen-bond acceptors (Lipinski definition) is 6. The second-order valence-electron chi connectivity index (χ2n) is 6.62. The number of fused-ring (bicyclic) bond motifs is 1. The highest BCUT2D eigenvalue weighted by Crippen LogP contribution is 2.46. The largest absolute Gasteiger partial charge is 0.508 e. The molecule has 0 spiro atoms. The summed E-state index contributed by atoms with van der Waals surface area (Å²) in [6, 6.07) is 17.8. The first kappa shape index (κ1) is 19.4. The van der Waals surface area contributed by atoms with Gasteiger partial charge in [-0.15, -0.1) is 0 Å². The Morgan fingerprint density at radius 3 is 1.87 bits per heavy atom. The summed E-state index contributed by atoms with van der Waals surface area (Å²) in [6.07, 6.45) is 0. The van der Waals surface area contributed by atoms with Gasteiger partial charge < -0.3 is 23.7 Å². The summed E-state index contributed by atoms with van der Waals surface area (Å²) in [5.74, 6) is 1.47. The first-order chi connectivity index (χ1) is 14.5. The van der Waals surface area contributed by atoms with Gasteiger partial charge in [0.25, 0.3) is 0 Å². The quantitative estimate of drug-likeness (QED) is 0.479. The molecule has 6 nitrogen and oxygen atoms in total. The normalized spacial score (nSPS) is 10.8. The summed E-state index contributed by atoms with van der Waals surface area (Å²) in [6.45, 7) is 0. The van der Waals surface area contributed by atoms with Gasteiger partial charge in [-0.25, -0.2) is 4.79 Å². The highest BCUT2D eigenvalue weighted by Gasteiger charge is 2.21. The smallest absolute Gasteiger partial charge is 0.336 e. The topological polar surface area (TPSA) is 78.1 Å². The Labute approximate surface area is 172 Å². The van der Waals surface area contributed by atoms with Gasteiger partial charge in [-0.05, 0) is 28.8 Å². The molecule has 0 atom stereocenters. The van der Waals surface area contributed by atoms with E-state index in [0.29, 0.717) is 33.8 Å². The van der Waals surface area contributed by atoms with Crippen molar-refractivity contribution in [3.63, 3.8) is 0 Å². The Kier molecular flexibility index (Phi) is 5.06. The van der Waals surface area contributed by atoms with E-state index in [1.54, 1.807) is 18.2 Å². The van der Waals surface area contributed by atoms with E-state index < -0.39 is 5.63 Å². The molecule has 0 amide bonds. The molecule has 30 heavy (non-hydrogen) atoms. The Hall–Kier alpha value is -3.93. The highest BCUT2D eigenvalue weighted by atomic mass is 16.5. The number of phenols is 1. The molecule has 0 bridgehead atoms. The lowest BCUT2D eigenvalue weighted by molar-refractivity contribution is 0.326. The number of aromatic hydroxyl groups is 1. The van der Waals surface area contributed by atoms with E-state index in [1.807, 2.05) is 36.4 Å². The summed E-state index contributed by atoms with van der Waals surface area (Å²) in [7, 11) is 4.56. The minimum absolute atomic E-state index is 0.217. The molecule has 1 heterocycles. The molecule has 6 heteroatoms. The summed E-state index contributed by atoms with van der Waals surface area (Å²) in [5, 5.41) is 10.1. The Morgan fingerprint density at radius 1 is 0.733 bits per heavy atom. The van der Waals surface area contributed by atoms with Crippen molar-refractivity contribution >= 4 is 11.0 Å². The minimum Gasteiger partial charge on any atom is -0.508 e. The van der Waals surface area contributed by atoms with Crippen LogP contribution in [0.5, 0.6) is 23.0 Å². The van der Waals surface area contributed by atoms with Crippen LogP contribution in [0.2, 0.25) is 0 Å². The van der Waals surface area contributed by atoms with Crippen LogP contribution in [0.3, 0.4) is 0 Å². The fourth-order valence-electron chi connectivity index (χ4n) is 3.52. The average molecular weight is 404 g/mol. The van der Waals surface area contributed by atoms with E-state index in [-0.39, 0.29) is 5.75 Å². The first-order valence-electron chi connectivity index (χ1n) is 9.22. The molecule has 0 saturated carbocycles. The van der Waals surface area contributed by atoms with Gasteiger partial charge in [0, 0.05) is 17.7 Å². The average Bonchev–Trinajstić information content (AvgIpc) is 2.77. The third kappa shape index (κ3) is 3.33. The molecule has 1 N–H and O–H groups in total. The molecule has 1 aromatic heterocycles. The van der Waals surface area contributed by atoms with Crippen molar-refractivity contribution < 1.29 is 23.7 Å². The molecule has 0 aliphatic rings. The van der Waals surface area contributed by atoms with Crippen LogP contribution < -0.4 is 19.8 Å². The number of methoxy groups -OCH3 is 3. The molecule has 3 aromatic carbocycles. The zero-order chi connectivity index (χ0) is 21.3. The molecule has 0 fully saturated rings. The SMILES string of the molecule is COc1cc2oc(=O)cc(-c3ccc(-c4ccc(O)cc4)cc3)c2c(OC)c1OC. The first-order valence-corrected chi connectivity index (χ1v) is 9.22. The van der Waals surface area contributed by atoms with Crippen LogP contribution >= 0.6 is 0 Å². The lowest BCUT2D eigenvalue weighted by atomic mass is 9.97. The third-order valence-corrected chi connectivity index (χ3v) is 4.93. The number of benzene rings is 3. The van der Waals surface area contributed by atoms with Gasteiger partial charge in [-0.2, -0.15) is 0 Å². The van der Waals surface area contributed by atoms with Crippen molar-refractivity contribution in [2.75, 3.05) is 21.3 Å². The van der Waals surface area contributed by atoms with Crippen LogP contribution in [0.15, 0.2) is 69.9 Å². The van der Waals surface area contributed by atoms with Gasteiger partial charge in [-0.3, -0.25) is 0 Å². The van der Waals surface area contributed by atoms with E-state index in [9.17, 15) is 9.90 Å². The number of phenolic OH excluding ortho intramolecular Hbond substituents is 1. The number of ether oxygens (including phenoxy) is 3. The van der Waals surface area contributed by atoms with Crippen LogP contribution in [0.4, 0.5) is 0 Å². The monoisotopic (exact) mass is 404 g/mol. The molecule has 0 saturated heterocycles. The van der Waals surface area contributed by atoms with Crippen LogP contribution in [0.25, 0.3) is 33.2 Å². The van der Waals surface area contributed by atoms with Gasteiger partial charge in [0.15, 0.2) is 11.5 Å². The maximum absolute atomic E-state index is 12.2. The van der Waals surface area contributed by atoms with Crippen molar-refractivity contribution in [2.45, 2.75) is 0 Å². The van der Waals surface area contributed by atoms with E-state index >= 15 is 0 Å². The van der Waals surface area contributed by atoms with E-state index in [2.05, 4.69) is 0 Å². The van der Waals surface area contributed by atoms with Crippen LogP contribution in [-0.2, 0) is 0 Å². The van der Waals surface area contributed by atoms with Crippen molar-refractivity contribution in [1.29, 1.82) is 0 Å². The van der Waals surface area contributed by atoms with E-state index in [0.717, 1.165) is 16.7 Å². The summed E-state index contributed by atoms with van der Waals surface area (Å²) < 4.78 is 21.9. The Balaban J connectivity index is 1.92. The maximum atomic E-state index is 12.2. The fourth-order valence-corrected chi connectivity index (χ4v) is 3.52. The van der Waals surface area contributed by atoms with Gasteiger partial charge in [0.05, 0.1) is 26.7 Å². The second-order valence-corrected chi connectivity index (χ2v) is 6.62. The third-order valence-electron chi connectivity index (χ3n) is 4.93. The second kappa shape index (κ2) is 7.83. The van der Waals surface area contributed by atoms with Crippen molar-refractivity contribution in [2.24, 2.45) is 0 Å².